The minimum absolute atomic E-state index is 0.170. The molecule has 0 atom stereocenters. The van der Waals surface area contributed by atoms with Gasteiger partial charge in [0.05, 0.1) is 26.8 Å². The van der Waals surface area contributed by atoms with E-state index in [1.165, 1.54) is 0 Å². The van der Waals surface area contributed by atoms with Crippen molar-refractivity contribution in [3.05, 3.63) is 41.5 Å². The first-order chi connectivity index (χ1) is 13.5. The van der Waals surface area contributed by atoms with Gasteiger partial charge in [-0.25, -0.2) is 4.98 Å². The predicted molar refractivity (Wildman–Crippen MR) is 109 cm³/mol. The van der Waals surface area contributed by atoms with E-state index in [9.17, 15) is 5.11 Å². The number of aromatic nitrogens is 1. The number of anilines is 2. The first kappa shape index (κ1) is 18.0. The molecular formula is C21H23N3O4. The van der Waals surface area contributed by atoms with E-state index >= 15 is 0 Å². The molecule has 0 saturated heterocycles. The van der Waals surface area contributed by atoms with Gasteiger partial charge in [-0.1, -0.05) is 0 Å². The Labute approximate surface area is 163 Å². The second-order valence-corrected chi connectivity index (χ2v) is 6.76. The highest BCUT2D eigenvalue weighted by molar-refractivity contribution is 5.94. The topological polar surface area (TPSA) is 90.1 Å². The summed E-state index contributed by atoms with van der Waals surface area (Å²) in [6, 6.07) is 9.24. The Balaban J connectivity index is 1.73. The van der Waals surface area contributed by atoms with Crippen LogP contribution in [0.3, 0.4) is 0 Å². The molecule has 0 saturated carbocycles. The molecule has 2 aromatic carbocycles. The quantitative estimate of drug-likeness (QED) is 0.718. The largest absolute Gasteiger partial charge is 0.504 e. The molecular weight excluding hydrogens is 358 g/mol. The van der Waals surface area contributed by atoms with Crippen LogP contribution in [0.15, 0.2) is 30.3 Å². The normalized spacial score (nSPS) is 13.3. The number of ether oxygens (including phenoxy) is 3. The van der Waals surface area contributed by atoms with Gasteiger partial charge >= 0.3 is 0 Å². The molecule has 7 heteroatoms. The molecule has 7 nitrogen and oxygen atoms in total. The maximum absolute atomic E-state index is 10.0. The van der Waals surface area contributed by atoms with E-state index in [2.05, 4.69) is 4.90 Å². The summed E-state index contributed by atoms with van der Waals surface area (Å²) in [6.45, 7) is 1.45. The van der Waals surface area contributed by atoms with Gasteiger partial charge in [-0.2, -0.15) is 0 Å². The van der Waals surface area contributed by atoms with Gasteiger partial charge < -0.3 is 30.0 Å². The second-order valence-electron chi connectivity index (χ2n) is 6.76. The lowest BCUT2D eigenvalue weighted by Crippen LogP contribution is -2.31. The predicted octanol–water partition coefficient (Wildman–Crippen LogP) is 3.11. The zero-order valence-corrected chi connectivity index (χ0v) is 16.2. The van der Waals surface area contributed by atoms with E-state index in [0.29, 0.717) is 29.5 Å². The molecule has 0 aliphatic carbocycles. The van der Waals surface area contributed by atoms with E-state index < -0.39 is 0 Å². The summed E-state index contributed by atoms with van der Waals surface area (Å²) in [5, 5.41) is 10.8. The number of hydrogen-bond donors (Lipinski definition) is 2. The zero-order chi connectivity index (χ0) is 19.8. The number of rotatable bonds is 4. The maximum atomic E-state index is 10.0. The first-order valence-corrected chi connectivity index (χ1v) is 9.00. The van der Waals surface area contributed by atoms with Crippen LogP contribution in [0.1, 0.15) is 11.1 Å². The number of pyridine rings is 1. The van der Waals surface area contributed by atoms with Crippen molar-refractivity contribution >= 4 is 22.4 Å². The highest BCUT2D eigenvalue weighted by atomic mass is 16.5. The lowest BCUT2D eigenvalue weighted by molar-refractivity contribution is 0.356. The molecule has 0 spiro atoms. The van der Waals surface area contributed by atoms with Crippen molar-refractivity contribution in [3.8, 4) is 23.0 Å². The van der Waals surface area contributed by atoms with Gasteiger partial charge in [-0.15, -0.1) is 0 Å². The number of nitrogens with two attached hydrogens (primary N) is 1. The van der Waals surface area contributed by atoms with E-state index in [1.807, 2.05) is 24.3 Å². The van der Waals surface area contributed by atoms with Crippen LogP contribution in [0, 0.1) is 0 Å². The number of phenolic OH excluding ortho intramolecular Hbond substituents is 1. The van der Waals surface area contributed by atoms with Crippen molar-refractivity contribution in [2.75, 3.05) is 38.5 Å². The van der Waals surface area contributed by atoms with Crippen molar-refractivity contribution in [3.63, 3.8) is 0 Å². The summed E-state index contributed by atoms with van der Waals surface area (Å²) in [7, 11) is 4.75. The molecule has 4 rings (SSSR count). The Bertz CT molecular complexity index is 1050. The number of benzene rings is 2. The standard InChI is InChI=1S/C21H23N3O4/c1-26-18-7-13-11-24(5-4-12(13)6-17(18)25)21-9-15(22)14-8-19(27-2)20(28-3)10-16(14)23-21/h6-10,25H,4-5,11H2,1-3H3,(H2,22,23). The summed E-state index contributed by atoms with van der Waals surface area (Å²) >= 11 is 0. The SMILES string of the molecule is COc1cc2c(cc1O)CCN(c1cc(N)c3cc(OC)c(OC)cc3n1)C2. The minimum Gasteiger partial charge on any atom is -0.504 e. The van der Waals surface area contributed by atoms with Crippen molar-refractivity contribution in [1.82, 2.24) is 4.98 Å². The number of hydrogen-bond acceptors (Lipinski definition) is 7. The van der Waals surface area contributed by atoms with Crippen molar-refractivity contribution in [2.24, 2.45) is 0 Å². The Morgan fingerprint density at radius 3 is 2.36 bits per heavy atom. The monoisotopic (exact) mass is 381 g/mol. The molecule has 3 N–H and O–H groups in total. The third kappa shape index (κ3) is 2.98. The fraction of sp³-hybridized carbons (Fsp3) is 0.286. The number of nitrogens with zero attached hydrogens (tertiary/aromatic N) is 2. The molecule has 0 unspecified atom stereocenters. The van der Waals surface area contributed by atoms with Crippen LogP contribution in [-0.2, 0) is 13.0 Å². The van der Waals surface area contributed by atoms with Crippen molar-refractivity contribution in [1.29, 1.82) is 0 Å². The van der Waals surface area contributed by atoms with Crippen LogP contribution < -0.4 is 24.8 Å². The van der Waals surface area contributed by atoms with Crippen LogP contribution in [0.5, 0.6) is 23.0 Å². The molecule has 1 aliphatic heterocycles. The molecule has 0 amide bonds. The summed E-state index contributed by atoms with van der Waals surface area (Å²) in [4.78, 5) is 6.98. The number of aromatic hydroxyl groups is 1. The summed E-state index contributed by atoms with van der Waals surface area (Å²) in [5.74, 6) is 2.68. The summed E-state index contributed by atoms with van der Waals surface area (Å²) in [5.41, 5.74) is 9.93. The van der Waals surface area contributed by atoms with E-state index in [-0.39, 0.29) is 5.75 Å². The van der Waals surface area contributed by atoms with Gasteiger partial charge in [-0.3, -0.25) is 0 Å². The third-order valence-electron chi connectivity index (χ3n) is 5.17. The molecule has 1 aliphatic rings. The van der Waals surface area contributed by atoms with Crippen molar-refractivity contribution < 1.29 is 19.3 Å². The first-order valence-electron chi connectivity index (χ1n) is 9.00. The Morgan fingerprint density at radius 2 is 1.64 bits per heavy atom. The minimum atomic E-state index is 0.170. The second kappa shape index (κ2) is 6.99. The number of fused-ring (bicyclic) bond motifs is 2. The smallest absolute Gasteiger partial charge is 0.162 e. The van der Waals surface area contributed by atoms with Gasteiger partial charge in [0.15, 0.2) is 23.0 Å². The Kier molecular flexibility index (Phi) is 4.50. The van der Waals surface area contributed by atoms with Gasteiger partial charge in [0.1, 0.15) is 5.82 Å². The molecule has 2 heterocycles. The van der Waals surface area contributed by atoms with Crippen LogP contribution in [0.2, 0.25) is 0 Å². The molecule has 1 aromatic heterocycles. The van der Waals surface area contributed by atoms with Crippen LogP contribution in [0.4, 0.5) is 11.5 Å². The summed E-state index contributed by atoms with van der Waals surface area (Å²) < 4.78 is 16.0. The Morgan fingerprint density at radius 1 is 0.929 bits per heavy atom. The lowest BCUT2D eigenvalue weighted by Gasteiger charge is -2.30. The van der Waals surface area contributed by atoms with Gasteiger partial charge in [0.25, 0.3) is 0 Å². The highest BCUT2D eigenvalue weighted by Crippen LogP contribution is 2.37. The Hall–Kier alpha value is -3.35. The number of methoxy groups -OCH3 is 3. The highest BCUT2D eigenvalue weighted by Gasteiger charge is 2.21. The fourth-order valence-electron chi connectivity index (χ4n) is 3.66. The van der Waals surface area contributed by atoms with Crippen LogP contribution in [0.25, 0.3) is 10.9 Å². The fourth-order valence-corrected chi connectivity index (χ4v) is 3.66. The molecule has 3 aromatic rings. The van der Waals surface area contributed by atoms with Crippen LogP contribution >= 0.6 is 0 Å². The van der Waals surface area contributed by atoms with Gasteiger partial charge in [0.2, 0.25) is 0 Å². The van der Waals surface area contributed by atoms with Crippen LogP contribution in [-0.4, -0.2) is 38.0 Å². The molecule has 0 fully saturated rings. The molecule has 28 heavy (non-hydrogen) atoms. The van der Waals surface area contributed by atoms with Crippen molar-refractivity contribution in [2.45, 2.75) is 13.0 Å². The average molecular weight is 381 g/mol. The zero-order valence-electron chi connectivity index (χ0n) is 16.2. The van der Waals surface area contributed by atoms with Gasteiger partial charge in [0, 0.05) is 36.3 Å². The number of nitrogen functional groups attached to an aromatic ring is 1. The molecule has 0 radical (unpaired) electrons. The summed E-state index contributed by atoms with van der Waals surface area (Å²) in [6.07, 6.45) is 0.804. The van der Waals surface area contributed by atoms with E-state index in [0.717, 1.165) is 40.8 Å². The average Bonchev–Trinajstić information content (AvgIpc) is 2.71. The number of phenols is 1. The molecule has 0 bridgehead atoms. The van der Waals surface area contributed by atoms with Gasteiger partial charge in [-0.05, 0) is 35.7 Å². The maximum Gasteiger partial charge on any atom is 0.162 e. The van der Waals surface area contributed by atoms with E-state index in [4.69, 9.17) is 24.9 Å². The lowest BCUT2D eigenvalue weighted by atomic mass is 9.98. The third-order valence-corrected chi connectivity index (χ3v) is 5.17. The van der Waals surface area contributed by atoms with E-state index in [1.54, 1.807) is 27.4 Å². The molecule has 146 valence electrons.